The van der Waals surface area contributed by atoms with Crippen LogP contribution in [0.3, 0.4) is 0 Å². The Kier molecular flexibility index (Phi) is 8.22. The number of aromatic nitrogens is 1. The topological polar surface area (TPSA) is 27.0 Å². The van der Waals surface area contributed by atoms with E-state index in [0.29, 0.717) is 0 Å². The summed E-state index contributed by atoms with van der Waals surface area (Å²) in [4.78, 5) is 4.87. The monoisotopic (exact) mass is 800 g/mol. The Morgan fingerprint density at radius 1 is 0.696 bits per heavy atom. The predicted molar refractivity (Wildman–Crippen MR) is 192 cm³/mol. The molecule has 4 aromatic carbocycles. The van der Waals surface area contributed by atoms with Gasteiger partial charge >= 0.3 is 22.4 Å². The first-order valence-corrected chi connectivity index (χ1v) is 16.6. The first-order valence-electron chi connectivity index (χ1n) is 15.7. The molecule has 0 spiro atoms. The molecule has 0 saturated heterocycles. The van der Waals surface area contributed by atoms with E-state index in [4.69, 9.17) is 10.3 Å². The van der Waals surface area contributed by atoms with Crippen LogP contribution >= 0.6 is 11.3 Å². The number of nitrogens with zero attached hydrogens (tertiary/aromatic N) is 2. The summed E-state index contributed by atoms with van der Waals surface area (Å²) in [6.07, 6.45) is 1.91. The maximum absolute atomic E-state index is 5.26. The molecule has 2 aromatic heterocycles. The maximum Gasteiger partial charge on any atom is 3.00 e. The minimum absolute atomic E-state index is 0. The molecule has 2 nitrogen and oxygen atoms in total. The minimum atomic E-state index is -0.159. The number of hydrogen-bond acceptors (Lipinski definition) is 2. The molecule has 3 heterocycles. The minimum Gasteiger partial charge on any atom is -0.663 e. The van der Waals surface area contributed by atoms with Crippen molar-refractivity contribution in [3.8, 4) is 33.5 Å². The Balaban J connectivity index is 0.00000372. The molecule has 0 atom stereocenters. The molecule has 0 aliphatic carbocycles. The third-order valence-electron chi connectivity index (χ3n) is 9.19. The molecule has 0 unspecified atom stereocenters. The van der Waals surface area contributed by atoms with Crippen molar-refractivity contribution in [1.82, 2.24) is 4.98 Å². The van der Waals surface area contributed by atoms with Crippen molar-refractivity contribution in [3.63, 3.8) is 0 Å². The number of para-hydroxylation sites is 2. The zero-order valence-electron chi connectivity index (χ0n) is 27.8. The third kappa shape index (κ3) is 5.69. The molecule has 0 amide bonds. The molecule has 0 saturated carbocycles. The Morgan fingerprint density at radius 2 is 1.30 bits per heavy atom. The summed E-state index contributed by atoms with van der Waals surface area (Å²) in [7, 11) is 0. The number of thiophene rings is 1. The van der Waals surface area contributed by atoms with Gasteiger partial charge in [0.1, 0.15) is 0 Å². The normalized spacial score (nSPS) is 13.8. The second-order valence-corrected chi connectivity index (χ2v) is 15.8. The van der Waals surface area contributed by atoms with Gasteiger partial charge in [-0.15, -0.1) is 51.4 Å². The summed E-state index contributed by atoms with van der Waals surface area (Å²) in [5.74, 6) is 0. The largest absolute Gasteiger partial charge is 3.00 e. The van der Waals surface area contributed by atoms with Gasteiger partial charge in [0.15, 0.2) is 0 Å². The van der Waals surface area contributed by atoms with Crippen LogP contribution in [0.5, 0.6) is 0 Å². The molecule has 1 aliphatic heterocycles. The van der Waals surface area contributed by atoms with Gasteiger partial charge < -0.3 is 5.32 Å². The molecule has 0 radical (unpaired) electrons. The number of fused-ring (bicyclic) bond motifs is 3. The first-order chi connectivity index (χ1) is 21.3. The molecule has 0 N–H and O–H groups in total. The summed E-state index contributed by atoms with van der Waals surface area (Å²) >= 11 is 1.74. The number of hydrogen-bond donors (Lipinski definition) is 0. The summed E-state index contributed by atoms with van der Waals surface area (Å²) in [5.41, 5.74) is 13.1. The molecule has 234 valence electrons. The molecule has 6 aromatic rings. The smallest absolute Gasteiger partial charge is 0.663 e. The van der Waals surface area contributed by atoms with Crippen LogP contribution in [0.1, 0.15) is 77.6 Å². The molecular formula is C42H39AuN2S. The Morgan fingerprint density at radius 3 is 2.00 bits per heavy atom. The molecule has 46 heavy (non-hydrogen) atoms. The molecule has 7 rings (SSSR count). The van der Waals surface area contributed by atoms with Crippen molar-refractivity contribution < 1.29 is 22.4 Å². The maximum atomic E-state index is 5.26. The average molecular weight is 801 g/mol. The van der Waals surface area contributed by atoms with Crippen LogP contribution < -0.4 is 0 Å². The van der Waals surface area contributed by atoms with Gasteiger partial charge in [0.25, 0.3) is 0 Å². The van der Waals surface area contributed by atoms with Gasteiger partial charge in [0.2, 0.25) is 0 Å². The SMILES string of the molecule is CC(C)(C)c1cc(-c2[c-]c(-c3nccc4ccsc34)cc(C(C)(C)C)c2)[c-]c(-c2cccc3c2[N-]c2ccccc2C3(C)C)c1.[Au+3]. The van der Waals surface area contributed by atoms with Crippen molar-refractivity contribution >= 4 is 32.8 Å². The summed E-state index contributed by atoms with van der Waals surface area (Å²) in [6.45, 7) is 18.3. The fourth-order valence-corrected chi connectivity index (χ4v) is 7.30. The second-order valence-electron chi connectivity index (χ2n) is 14.8. The number of benzene rings is 4. The Hall–Kier alpha value is -3.47. The van der Waals surface area contributed by atoms with Gasteiger partial charge in [-0.2, -0.15) is 41.1 Å². The fraction of sp³-hybridized carbons (Fsp3) is 0.262. The summed E-state index contributed by atoms with van der Waals surface area (Å²) in [6, 6.07) is 36.3. The Bertz CT molecular complexity index is 2090. The van der Waals surface area contributed by atoms with E-state index in [1.54, 1.807) is 11.3 Å². The van der Waals surface area contributed by atoms with E-state index in [9.17, 15) is 0 Å². The van der Waals surface area contributed by atoms with Crippen LogP contribution in [0.2, 0.25) is 0 Å². The molecular weight excluding hydrogens is 762 g/mol. The van der Waals surface area contributed by atoms with Crippen molar-refractivity contribution in [2.75, 3.05) is 0 Å². The van der Waals surface area contributed by atoms with E-state index in [1.807, 2.05) is 6.20 Å². The van der Waals surface area contributed by atoms with Gasteiger partial charge in [-0.1, -0.05) is 115 Å². The van der Waals surface area contributed by atoms with Crippen molar-refractivity contribution in [1.29, 1.82) is 0 Å². The van der Waals surface area contributed by atoms with Crippen LogP contribution in [-0.4, -0.2) is 4.98 Å². The standard InChI is InChI=1S/C42H39N2S.Au/c1-40(2,3)31-22-27(28-21-30(25-32(23-28)41(4,5)6)37-39-26(16-18-43-37)17-19-45-39)20-29(24-31)33-12-11-14-35-38(33)44-36-15-10-9-13-34(36)42(35,7)8;/h9-19,22-25H,1-8H3;/q-3;+3. The van der Waals surface area contributed by atoms with Gasteiger partial charge in [-0.25, -0.2) is 0 Å². The number of rotatable bonds is 3. The Labute approximate surface area is 293 Å². The van der Waals surface area contributed by atoms with Crippen molar-refractivity contribution in [2.24, 2.45) is 0 Å². The van der Waals surface area contributed by atoms with Gasteiger partial charge in [-0.05, 0) is 33.7 Å². The van der Waals surface area contributed by atoms with Crippen molar-refractivity contribution in [2.45, 2.75) is 71.6 Å². The first kappa shape index (κ1) is 32.5. The zero-order valence-corrected chi connectivity index (χ0v) is 30.7. The van der Waals surface area contributed by atoms with Gasteiger partial charge in [-0.3, -0.25) is 4.98 Å². The van der Waals surface area contributed by atoms with Crippen LogP contribution in [0, 0.1) is 12.1 Å². The average Bonchev–Trinajstić information content (AvgIpc) is 3.49. The van der Waals surface area contributed by atoms with E-state index in [2.05, 4.69) is 152 Å². The van der Waals surface area contributed by atoms with E-state index < -0.39 is 0 Å². The van der Waals surface area contributed by atoms with Crippen molar-refractivity contribution in [3.05, 3.63) is 130 Å². The van der Waals surface area contributed by atoms with Crippen LogP contribution in [0.15, 0.2) is 90.4 Å². The van der Waals surface area contributed by atoms with E-state index in [1.165, 1.54) is 32.3 Å². The molecule has 4 heteroatoms. The zero-order chi connectivity index (χ0) is 31.7. The molecule has 0 bridgehead atoms. The van der Waals surface area contributed by atoms with E-state index in [0.717, 1.165) is 44.9 Å². The quantitative estimate of drug-likeness (QED) is 0.129. The molecule has 0 fully saturated rings. The van der Waals surface area contributed by atoms with Gasteiger partial charge in [0.05, 0.1) is 0 Å². The van der Waals surface area contributed by atoms with Crippen LogP contribution in [0.4, 0.5) is 11.4 Å². The van der Waals surface area contributed by atoms with Crippen LogP contribution in [0.25, 0.3) is 48.9 Å². The third-order valence-corrected chi connectivity index (χ3v) is 10.1. The predicted octanol–water partition coefficient (Wildman–Crippen LogP) is 12.5. The van der Waals surface area contributed by atoms with E-state index in [-0.39, 0.29) is 38.6 Å². The van der Waals surface area contributed by atoms with Crippen LogP contribution in [-0.2, 0) is 38.6 Å². The number of pyridine rings is 1. The summed E-state index contributed by atoms with van der Waals surface area (Å²) < 4.78 is 1.19. The van der Waals surface area contributed by atoms with E-state index >= 15 is 0 Å². The second kappa shape index (κ2) is 11.6. The molecule has 1 aliphatic rings. The van der Waals surface area contributed by atoms with Gasteiger partial charge in [0, 0.05) is 22.0 Å². The fourth-order valence-electron chi connectivity index (χ4n) is 6.40. The summed E-state index contributed by atoms with van der Waals surface area (Å²) in [5, 5.41) is 8.62.